The molecule has 18 heavy (non-hydrogen) atoms. The SMILES string of the molecule is CC1CCCC(C(O)c2cc3c(s2)CCSC3)C1. The zero-order valence-electron chi connectivity index (χ0n) is 11.0. The van der Waals surface area contributed by atoms with Crippen molar-refractivity contribution >= 4 is 23.1 Å². The topological polar surface area (TPSA) is 20.2 Å². The first-order valence-corrected chi connectivity index (χ1v) is 9.08. The monoisotopic (exact) mass is 282 g/mol. The van der Waals surface area contributed by atoms with Crippen LogP contribution in [0.2, 0.25) is 0 Å². The molecular formula is C15H22OS2. The van der Waals surface area contributed by atoms with Crippen LogP contribution in [0.5, 0.6) is 0 Å². The fourth-order valence-electron chi connectivity index (χ4n) is 3.32. The Morgan fingerprint density at radius 3 is 3.06 bits per heavy atom. The number of aliphatic hydroxyl groups excluding tert-OH is 1. The first-order valence-electron chi connectivity index (χ1n) is 7.11. The maximum absolute atomic E-state index is 10.6. The van der Waals surface area contributed by atoms with Crippen molar-refractivity contribution in [2.24, 2.45) is 11.8 Å². The van der Waals surface area contributed by atoms with E-state index in [4.69, 9.17) is 0 Å². The lowest BCUT2D eigenvalue weighted by Gasteiger charge is -2.29. The highest BCUT2D eigenvalue weighted by molar-refractivity contribution is 7.98. The van der Waals surface area contributed by atoms with Crippen LogP contribution in [0, 0.1) is 11.8 Å². The summed E-state index contributed by atoms with van der Waals surface area (Å²) in [5, 5.41) is 10.6. The normalized spacial score (nSPS) is 29.9. The average Bonchev–Trinajstić information content (AvgIpc) is 2.81. The van der Waals surface area contributed by atoms with Crippen molar-refractivity contribution in [3.63, 3.8) is 0 Å². The van der Waals surface area contributed by atoms with Gasteiger partial charge in [0.25, 0.3) is 0 Å². The Kier molecular flexibility index (Phi) is 4.02. The minimum absolute atomic E-state index is 0.201. The molecule has 0 bridgehead atoms. The van der Waals surface area contributed by atoms with Crippen LogP contribution in [0.15, 0.2) is 6.07 Å². The molecule has 1 aromatic rings. The predicted molar refractivity (Wildman–Crippen MR) is 80.3 cm³/mol. The van der Waals surface area contributed by atoms with Crippen LogP contribution < -0.4 is 0 Å². The van der Waals surface area contributed by atoms with Crippen LogP contribution in [0.4, 0.5) is 0 Å². The second kappa shape index (κ2) is 5.56. The van der Waals surface area contributed by atoms with Gasteiger partial charge in [-0.3, -0.25) is 0 Å². The van der Waals surface area contributed by atoms with E-state index in [0.717, 1.165) is 11.7 Å². The second-order valence-electron chi connectivity index (χ2n) is 5.88. The van der Waals surface area contributed by atoms with Crippen LogP contribution in [0.3, 0.4) is 0 Å². The number of hydrogen-bond acceptors (Lipinski definition) is 3. The lowest BCUT2D eigenvalue weighted by molar-refractivity contribution is 0.0742. The fourth-order valence-corrected chi connectivity index (χ4v) is 5.77. The lowest BCUT2D eigenvalue weighted by Crippen LogP contribution is -2.19. The Labute approximate surface area is 118 Å². The summed E-state index contributed by atoms with van der Waals surface area (Å²) in [6.45, 7) is 2.33. The van der Waals surface area contributed by atoms with E-state index in [2.05, 4.69) is 13.0 Å². The molecule has 2 heterocycles. The predicted octanol–water partition coefficient (Wildman–Crippen LogP) is 4.40. The van der Waals surface area contributed by atoms with Gasteiger partial charge in [0.2, 0.25) is 0 Å². The van der Waals surface area contributed by atoms with Gasteiger partial charge in [-0.05, 0) is 48.5 Å². The Hall–Kier alpha value is 0.01000. The van der Waals surface area contributed by atoms with Gasteiger partial charge in [-0.25, -0.2) is 0 Å². The maximum Gasteiger partial charge on any atom is 0.0910 e. The Bertz CT molecular complexity index is 389. The summed E-state index contributed by atoms with van der Waals surface area (Å²) in [5.74, 6) is 3.70. The third-order valence-electron chi connectivity index (χ3n) is 4.36. The van der Waals surface area contributed by atoms with Crippen molar-refractivity contribution in [1.29, 1.82) is 0 Å². The van der Waals surface area contributed by atoms with Crippen molar-refractivity contribution < 1.29 is 5.11 Å². The standard InChI is InChI=1S/C15H22OS2/c1-10-3-2-4-11(7-10)15(16)14-8-12-9-17-6-5-13(12)18-14/h8,10-11,15-16H,2-7,9H2,1H3. The lowest BCUT2D eigenvalue weighted by atomic mass is 9.79. The van der Waals surface area contributed by atoms with Gasteiger partial charge < -0.3 is 5.11 Å². The summed E-state index contributed by atoms with van der Waals surface area (Å²) in [5.41, 5.74) is 1.49. The average molecular weight is 282 g/mol. The molecule has 1 aliphatic heterocycles. The molecule has 1 N–H and O–H groups in total. The number of fused-ring (bicyclic) bond motifs is 1. The van der Waals surface area contributed by atoms with Gasteiger partial charge in [-0.15, -0.1) is 11.3 Å². The van der Waals surface area contributed by atoms with Crippen LogP contribution in [-0.4, -0.2) is 10.9 Å². The highest BCUT2D eigenvalue weighted by atomic mass is 32.2. The fraction of sp³-hybridized carbons (Fsp3) is 0.733. The van der Waals surface area contributed by atoms with Crippen molar-refractivity contribution in [1.82, 2.24) is 0 Å². The molecule has 1 saturated carbocycles. The molecule has 0 amide bonds. The summed E-state index contributed by atoms with van der Waals surface area (Å²) in [6.07, 6.45) is 6.07. The highest BCUT2D eigenvalue weighted by Crippen LogP contribution is 2.41. The Morgan fingerprint density at radius 2 is 2.28 bits per heavy atom. The smallest absolute Gasteiger partial charge is 0.0910 e. The quantitative estimate of drug-likeness (QED) is 0.867. The van der Waals surface area contributed by atoms with Gasteiger partial charge in [-0.1, -0.05) is 19.8 Å². The van der Waals surface area contributed by atoms with E-state index in [1.807, 2.05) is 23.1 Å². The molecule has 100 valence electrons. The number of hydrogen-bond donors (Lipinski definition) is 1. The summed E-state index contributed by atoms with van der Waals surface area (Å²) in [7, 11) is 0. The second-order valence-corrected chi connectivity index (χ2v) is 8.15. The van der Waals surface area contributed by atoms with Crippen LogP contribution >= 0.6 is 23.1 Å². The maximum atomic E-state index is 10.6. The van der Waals surface area contributed by atoms with E-state index in [-0.39, 0.29) is 6.10 Å². The van der Waals surface area contributed by atoms with E-state index in [1.165, 1.54) is 53.2 Å². The summed E-state index contributed by atoms with van der Waals surface area (Å²) >= 11 is 3.90. The van der Waals surface area contributed by atoms with Crippen LogP contribution in [-0.2, 0) is 12.2 Å². The Morgan fingerprint density at radius 1 is 1.39 bits per heavy atom. The largest absolute Gasteiger partial charge is 0.387 e. The molecule has 3 rings (SSSR count). The number of aliphatic hydroxyl groups is 1. The van der Waals surface area contributed by atoms with Crippen molar-refractivity contribution in [3.8, 4) is 0 Å². The van der Waals surface area contributed by atoms with Gasteiger partial charge >= 0.3 is 0 Å². The molecule has 0 radical (unpaired) electrons. The molecule has 3 heteroatoms. The first kappa shape index (κ1) is 13.0. The van der Waals surface area contributed by atoms with E-state index >= 15 is 0 Å². The van der Waals surface area contributed by atoms with Crippen LogP contribution in [0.1, 0.15) is 54.0 Å². The van der Waals surface area contributed by atoms with Gasteiger partial charge in [0.1, 0.15) is 0 Å². The molecule has 1 aromatic heterocycles. The third kappa shape index (κ3) is 2.63. The molecular weight excluding hydrogens is 260 g/mol. The van der Waals surface area contributed by atoms with Crippen molar-refractivity contribution in [3.05, 3.63) is 21.4 Å². The number of rotatable bonds is 2. The molecule has 0 aromatic carbocycles. The Balaban J connectivity index is 1.75. The molecule has 1 fully saturated rings. The minimum atomic E-state index is -0.201. The number of aryl methyl sites for hydroxylation is 1. The molecule has 1 aliphatic carbocycles. The summed E-state index contributed by atoms with van der Waals surface area (Å²) in [4.78, 5) is 2.77. The van der Waals surface area contributed by atoms with Crippen molar-refractivity contribution in [2.45, 2.75) is 50.9 Å². The summed E-state index contributed by atoms with van der Waals surface area (Å²) < 4.78 is 0. The van der Waals surface area contributed by atoms with E-state index < -0.39 is 0 Å². The van der Waals surface area contributed by atoms with Crippen molar-refractivity contribution in [2.75, 3.05) is 5.75 Å². The zero-order valence-corrected chi connectivity index (χ0v) is 12.7. The molecule has 3 unspecified atom stereocenters. The highest BCUT2D eigenvalue weighted by Gasteiger charge is 2.28. The minimum Gasteiger partial charge on any atom is -0.387 e. The van der Waals surface area contributed by atoms with Gasteiger partial charge in [0.05, 0.1) is 6.10 Å². The first-order chi connectivity index (χ1) is 8.74. The number of thioether (sulfide) groups is 1. The molecule has 0 spiro atoms. The summed E-state index contributed by atoms with van der Waals surface area (Å²) in [6, 6.07) is 2.29. The number of thiophene rings is 1. The molecule has 0 saturated heterocycles. The van der Waals surface area contributed by atoms with Gasteiger partial charge in [-0.2, -0.15) is 11.8 Å². The molecule has 1 nitrogen and oxygen atoms in total. The van der Waals surface area contributed by atoms with E-state index in [1.54, 1.807) is 0 Å². The van der Waals surface area contributed by atoms with E-state index in [9.17, 15) is 5.11 Å². The molecule has 2 aliphatic rings. The zero-order chi connectivity index (χ0) is 12.5. The molecule has 3 atom stereocenters. The third-order valence-corrected chi connectivity index (χ3v) is 6.68. The van der Waals surface area contributed by atoms with E-state index in [0.29, 0.717) is 5.92 Å². The van der Waals surface area contributed by atoms with Crippen LogP contribution in [0.25, 0.3) is 0 Å². The van der Waals surface area contributed by atoms with Gasteiger partial charge in [0.15, 0.2) is 0 Å². The van der Waals surface area contributed by atoms with Gasteiger partial charge in [0, 0.05) is 15.5 Å².